The van der Waals surface area contributed by atoms with Crippen molar-refractivity contribution in [2.75, 3.05) is 37.7 Å². The van der Waals surface area contributed by atoms with Gasteiger partial charge in [0.25, 0.3) is 0 Å². The van der Waals surface area contributed by atoms with Gasteiger partial charge in [0, 0.05) is 44.2 Å². The van der Waals surface area contributed by atoms with Gasteiger partial charge < -0.3 is 19.2 Å². The van der Waals surface area contributed by atoms with Gasteiger partial charge >= 0.3 is 0 Å². The van der Waals surface area contributed by atoms with Crippen LogP contribution in [0, 0.1) is 5.92 Å². The van der Waals surface area contributed by atoms with Crippen LogP contribution in [0.2, 0.25) is 0 Å². The molecule has 6 nitrogen and oxygen atoms in total. The summed E-state index contributed by atoms with van der Waals surface area (Å²) in [5.41, 5.74) is 2.28. The van der Waals surface area contributed by atoms with Crippen molar-refractivity contribution in [3.63, 3.8) is 0 Å². The predicted molar refractivity (Wildman–Crippen MR) is 119 cm³/mol. The highest BCUT2D eigenvalue weighted by atomic mass is 16.5. The standard InChI is InChI=1S/C23H31BN4O2/c24-28-9-2-4-21(28)18-30-23-13-22(15-26-16-23)27-10-5-19(6-11-27)7-12-29-17-20-3-1-8-25-14-20/h1,3,8,13-16,19,21H,2,4-7,9-12,17-18H2/t21-/m0/s1. The zero-order chi connectivity index (χ0) is 20.6. The van der Waals surface area contributed by atoms with E-state index in [9.17, 15) is 0 Å². The van der Waals surface area contributed by atoms with Crippen molar-refractivity contribution in [2.24, 2.45) is 5.92 Å². The van der Waals surface area contributed by atoms with Crippen LogP contribution in [-0.2, 0) is 11.3 Å². The largest absolute Gasteiger partial charge is 0.490 e. The second kappa shape index (κ2) is 10.8. The number of hydrogen-bond donors (Lipinski definition) is 0. The molecule has 0 aromatic carbocycles. The summed E-state index contributed by atoms with van der Waals surface area (Å²) in [7, 11) is 5.99. The lowest BCUT2D eigenvalue weighted by molar-refractivity contribution is 0.103. The van der Waals surface area contributed by atoms with Gasteiger partial charge in [-0.1, -0.05) is 6.07 Å². The number of hydrogen-bond acceptors (Lipinski definition) is 6. The number of anilines is 1. The smallest absolute Gasteiger partial charge is 0.183 e. The van der Waals surface area contributed by atoms with Crippen molar-refractivity contribution >= 4 is 13.7 Å². The Bertz CT molecular complexity index is 771. The molecule has 0 N–H and O–H groups in total. The Morgan fingerprint density at radius 2 is 1.97 bits per heavy atom. The second-order valence-corrected chi connectivity index (χ2v) is 8.36. The van der Waals surface area contributed by atoms with Gasteiger partial charge in [0.1, 0.15) is 12.4 Å². The zero-order valence-corrected chi connectivity index (χ0v) is 17.7. The molecular formula is C23H31BN4O2. The van der Waals surface area contributed by atoms with E-state index in [-0.39, 0.29) is 0 Å². The van der Waals surface area contributed by atoms with Crippen LogP contribution < -0.4 is 9.64 Å². The van der Waals surface area contributed by atoms with Crippen LogP contribution in [0.1, 0.15) is 37.7 Å². The third kappa shape index (κ3) is 5.95. The molecule has 2 aliphatic rings. The Hall–Kier alpha value is -2.12. The van der Waals surface area contributed by atoms with E-state index in [1.54, 1.807) is 12.4 Å². The molecule has 2 radical (unpaired) electrons. The summed E-state index contributed by atoms with van der Waals surface area (Å²) in [6.45, 7) is 5.14. The van der Waals surface area contributed by atoms with E-state index in [1.165, 1.54) is 12.8 Å². The molecule has 2 fully saturated rings. The third-order valence-corrected chi connectivity index (χ3v) is 6.21. The molecule has 4 rings (SSSR count). The number of aromatic nitrogens is 2. The highest BCUT2D eigenvalue weighted by molar-refractivity contribution is 6.04. The first-order valence-corrected chi connectivity index (χ1v) is 11.1. The number of ether oxygens (including phenoxy) is 2. The Balaban J connectivity index is 1.17. The van der Waals surface area contributed by atoms with Crippen LogP contribution in [-0.4, -0.2) is 61.6 Å². The summed E-state index contributed by atoms with van der Waals surface area (Å²) in [6.07, 6.45) is 13.1. The van der Waals surface area contributed by atoms with E-state index in [2.05, 4.69) is 27.0 Å². The minimum Gasteiger partial charge on any atom is -0.490 e. The molecule has 0 saturated carbocycles. The van der Waals surface area contributed by atoms with Crippen molar-refractivity contribution < 1.29 is 9.47 Å². The highest BCUT2D eigenvalue weighted by Crippen LogP contribution is 2.27. The average Bonchev–Trinajstić information content (AvgIpc) is 3.21. The Morgan fingerprint density at radius 3 is 2.73 bits per heavy atom. The Morgan fingerprint density at radius 1 is 1.07 bits per heavy atom. The van der Waals surface area contributed by atoms with Crippen LogP contribution in [0.5, 0.6) is 5.75 Å². The summed E-state index contributed by atoms with van der Waals surface area (Å²) in [6, 6.07) is 6.42. The van der Waals surface area contributed by atoms with E-state index in [1.807, 2.05) is 23.3 Å². The van der Waals surface area contributed by atoms with Gasteiger partial charge in [0.2, 0.25) is 0 Å². The molecule has 0 aliphatic carbocycles. The summed E-state index contributed by atoms with van der Waals surface area (Å²) in [5, 5.41) is 0. The molecule has 158 valence electrons. The fraction of sp³-hybridized carbons (Fsp3) is 0.565. The van der Waals surface area contributed by atoms with Crippen molar-refractivity contribution in [2.45, 2.75) is 44.8 Å². The predicted octanol–water partition coefficient (Wildman–Crippen LogP) is 3.23. The molecule has 0 amide bonds. The van der Waals surface area contributed by atoms with Crippen LogP contribution in [0.25, 0.3) is 0 Å². The molecule has 7 heteroatoms. The molecule has 4 heterocycles. The number of piperidine rings is 1. The van der Waals surface area contributed by atoms with Gasteiger partial charge in [0.05, 0.1) is 24.7 Å². The normalized spacial score (nSPS) is 20.5. The number of nitrogens with zero attached hydrogens (tertiary/aromatic N) is 4. The topological polar surface area (TPSA) is 50.7 Å². The summed E-state index contributed by atoms with van der Waals surface area (Å²) >= 11 is 0. The molecule has 2 saturated heterocycles. The molecule has 0 bridgehead atoms. The maximum absolute atomic E-state index is 5.99. The first kappa shape index (κ1) is 21.1. The lowest BCUT2D eigenvalue weighted by atomic mass is 9.94. The quantitative estimate of drug-likeness (QED) is 0.471. The Labute approximate surface area is 181 Å². The van der Waals surface area contributed by atoms with Gasteiger partial charge in [-0.25, -0.2) is 0 Å². The maximum atomic E-state index is 5.99. The molecule has 30 heavy (non-hydrogen) atoms. The van der Waals surface area contributed by atoms with E-state index < -0.39 is 0 Å². The van der Waals surface area contributed by atoms with E-state index >= 15 is 0 Å². The lowest BCUT2D eigenvalue weighted by Crippen LogP contribution is -2.34. The SMILES string of the molecule is [B]N1CCC[C@H]1COc1cncc(N2CCC(CCOCc3cccnc3)CC2)c1. The van der Waals surface area contributed by atoms with E-state index in [0.717, 1.165) is 68.4 Å². The minimum atomic E-state index is 0.310. The van der Waals surface area contributed by atoms with Crippen molar-refractivity contribution in [3.05, 3.63) is 48.5 Å². The van der Waals surface area contributed by atoms with Crippen LogP contribution in [0.4, 0.5) is 5.69 Å². The molecule has 0 spiro atoms. The molecule has 1 atom stereocenters. The van der Waals surface area contributed by atoms with Crippen molar-refractivity contribution in [3.8, 4) is 5.75 Å². The first-order chi connectivity index (χ1) is 14.8. The van der Waals surface area contributed by atoms with Gasteiger partial charge in [-0.2, -0.15) is 0 Å². The van der Waals surface area contributed by atoms with Gasteiger partial charge in [-0.3, -0.25) is 9.97 Å². The van der Waals surface area contributed by atoms with Crippen molar-refractivity contribution in [1.82, 2.24) is 14.8 Å². The van der Waals surface area contributed by atoms with E-state index in [0.29, 0.717) is 19.3 Å². The number of rotatable bonds is 9. The van der Waals surface area contributed by atoms with Crippen molar-refractivity contribution in [1.29, 1.82) is 0 Å². The minimum absolute atomic E-state index is 0.310. The van der Waals surface area contributed by atoms with Crippen LogP contribution >= 0.6 is 0 Å². The zero-order valence-electron chi connectivity index (χ0n) is 17.7. The molecular weight excluding hydrogens is 375 g/mol. The summed E-state index contributed by atoms with van der Waals surface area (Å²) < 4.78 is 11.8. The number of pyridine rings is 2. The Kier molecular flexibility index (Phi) is 7.59. The van der Waals surface area contributed by atoms with Crippen LogP contribution in [0.3, 0.4) is 0 Å². The van der Waals surface area contributed by atoms with Gasteiger partial charge in [-0.05, 0) is 56.2 Å². The maximum Gasteiger partial charge on any atom is 0.183 e. The molecule has 2 aromatic heterocycles. The molecule has 2 aromatic rings. The fourth-order valence-corrected chi connectivity index (χ4v) is 4.29. The summed E-state index contributed by atoms with van der Waals surface area (Å²) in [5.74, 6) is 1.55. The fourth-order valence-electron chi connectivity index (χ4n) is 4.29. The summed E-state index contributed by atoms with van der Waals surface area (Å²) in [4.78, 5) is 12.8. The average molecular weight is 406 g/mol. The van der Waals surface area contributed by atoms with Gasteiger partial charge in [0.15, 0.2) is 7.98 Å². The monoisotopic (exact) mass is 406 g/mol. The first-order valence-electron chi connectivity index (χ1n) is 11.1. The third-order valence-electron chi connectivity index (χ3n) is 6.21. The van der Waals surface area contributed by atoms with E-state index in [4.69, 9.17) is 17.5 Å². The lowest BCUT2D eigenvalue weighted by Gasteiger charge is -2.33. The highest BCUT2D eigenvalue weighted by Gasteiger charge is 2.22. The van der Waals surface area contributed by atoms with Gasteiger partial charge in [-0.15, -0.1) is 0 Å². The molecule has 2 aliphatic heterocycles. The second-order valence-electron chi connectivity index (χ2n) is 8.36. The van der Waals surface area contributed by atoms with Crippen LogP contribution in [0.15, 0.2) is 43.0 Å². The molecule has 0 unspecified atom stereocenters.